The minimum absolute atomic E-state index is 0.00740. The molecule has 0 spiro atoms. The molecule has 0 aliphatic rings. The monoisotopic (exact) mass is 369 g/mol. The van der Waals surface area contributed by atoms with Crippen molar-refractivity contribution in [3.8, 4) is 0 Å². The van der Waals surface area contributed by atoms with E-state index >= 15 is 0 Å². The van der Waals surface area contributed by atoms with Gasteiger partial charge in [0, 0.05) is 24.2 Å². The molecule has 6 nitrogen and oxygen atoms in total. The summed E-state index contributed by atoms with van der Waals surface area (Å²) in [5.74, 6) is -0.200. The molecular weight excluding hydrogens is 342 g/mol. The summed E-state index contributed by atoms with van der Waals surface area (Å²) in [4.78, 5) is 25.4. The first-order valence-corrected chi connectivity index (χ1v) is 9.32. The van der Waals surface area contributed by atoms with Gasteiger partial charge in [0.15, 0.2) is 0 Å². The highest BCUT2D eigenvalue weighted by atomic mass is 16.6. The Bertz CT molecular complexity index is 745. The van der Waals surface area contributed by atoms with Gasteiger partial charge in [-0.3, -0.25) is 19.8 Å². The van der Waals surface area contributed by atoms with Crippen molar-refractivity contribution in [3.05, 3.63) is 75.8 Å². The van der Waals surface area contributed by atoms with Crippen molar-refractivity contribution in [2.24, 2.45) is 0 Å². The van der Waals surface area contributed by atoms with E-state index in [-0.39, 0.29) is 24.1 Å². The third-order valence-corrected chi connectivity index (χ3v) is 4.72. The molecule has 1 N–H and O–H groups in total. The van der Waals surface area contributed by atoms with Crippen LogP contribution >= 0.6 is 0 Å². The SMILES string of the molecule is CCN(CC)[C@H](CNC(=O)Cc1ccccc1[N+](=O)[O-])Cc1ccccc1. The van der Waals surface area contributed by atoms with Gasteiger partial charge in [0.2, 0.25) is 5.91 Å². The maximum Gasteiger partial charge on any atom is 0.273 e. The van der Waals surface area contributed by atoms with E-state index in [0.717, 1.165) is 19.5 Å². The Morgan fingerprint density at radius 2 is 1.70 bits per heavy atom. The van der Waals surface area contributed by atoms with Crippen molar-refractivity contribution in [2.45, 2.75) is 32.7 Å². The number of hydrogen-bond donors (Lipinski definition) is 1. The van der Waals surface area contributed by atoms with Crippen LogP contribution in [0.5, 0.6) is 0 Å². The Labute approximate surface area is 160 Å². The summed E-state index contributed by atoms with van der Waals surface area (Å²) in [6.07, 6.45) is 0.849. The van der Waals surface area contributed by atoms with Gasteiger partial charge in [-0.05, 0) is 25.1 Å². The van der Waals surface area contributed by atoms with Gasteiger partial charge in [0.05, 0.1) is 11.3 Å². The van der Waals surface area contributed by atoms with E-state index in [4.69, 9.17) is 0 Å². The molecule has 0 bridgehead atoms. The number of carbonyl (C=O) groups excluding carboxylic acids is 1. The number of carbonyl (C=O) groups is 1. The molecule has 0 saturated heterocycles. The molecule has 0 saturated carbocycles. The largest absolute Gasteiger partial charge is 0.354 e. The Morgan fingerprint density at radius 3 is 2.33 bits per heavy atom. The van der Waals surface area contributed by atoms with Crippen LogP contribution in [0.15, 0.2) is 54.6 Å². The van der Waals surface area contributed by atoms with Crippen LogP contribution in [-0.4, -0.2) is 41.4 Å². The van der Waals surface area contributed by atoms with Crippen molar-refractivity contribution in [3.63, 3.8) is 0 Å². The molecule has 0 fully saturated rings. The second-order valence-electron chi connectivity index (χ2n) is 6.43. The van der Waals surface area contributed by atoms with E-state index in [1.807, 2.05) is 18.2 Å². The second kappa shape index (κ2) is 10.4. The topological polar surface area (TPSA) is 75.5 Å². The fourth-order valence-corrected chi connectivity index (χ4v) is 3.26. The summed E-state index contributed by atoms with van der Waals surface area (Å²) >= 11 is 0. The van der Waals surface area contributed by atoms with Crippen LogP contribution < -0.4 is 5.32 Å². The first-order chi connectivity index (χ1) is 13.0. The lowest BCUT2D eigenvalue weighted by molar-refractivity contribution is -0.385. The number of nitrogens with zero attached hydrogens (tertiary/aromatic N) is 2. The predicted octanol–water partition coefficient (Wildman–Crippen LogP) is 3.21. The lowest BCUT2D eigenvalue weighted by Crippen LogP contribution is -2.45. The molecule has 1 amide bonds. The van der Waals surface area contributed by atoms with Gasteiger partial charge < -0.3 is 5.32 Å². The summed E-state index contributed by atoms with van der Waals surface area (Å²) in [7, 11) is 0. The summed E-state index contributed by atoms with van der Waals surface area (Å²) in [6.45, 7) is 6.52. The Hall–Kier alpha value is -2.73. The van der Waals surface area contributed by atoms with E-state index < -0.39 is 4.92 Å². The van der Waals surface area contributed by atoms with Crippen molar-refractivity contribution in [1.82, 2.24) is 10.2 Å². The summed E-state index contributed by atoms with van der Waals surface area (Å²) in [5, 5.41) is 14.1. The van der Waals surface area contributed by atoms with Crippen LogP contribution in [0.1, 0.15) is 25.0 Å². The molecule has 6 heteroatoms. The quantitative estimate of drug-likeness (QED) is 0.515. The molecule has 0 heterocycles. The fourth-order valence-electron chi connectivity index (χ4n) is 3.26. The number of benzene rings is 2. The van der Waals surface area contributed by atoms with Crippen LogP contribution in [0.25, 0.3) is 0 Å². The lowest BCUT2D eigenvalue weighted by atomic mass is 10.0. The van der Waals surface area contributed by atoms with Gasteiger partial charge in [-0.2, -0.15) is 0 Å². The van der Waals surface area contributed by atoms with E-state index in [0.29, 0.717) is 12.1 Å². The standard InChI is InChI=1S/C21H27N3O3/c1-3-23(4-2)19(14-17-10-6-5-7-11-17)16-22-21(25)15-18-12-8-9-13-20(18)24(26)27/h5-13,19H,3-4,14-16H2,1-2H3,(H,22,25)/t19-/m0/s1. The number of nitro groups is 1. The smallest absolute Gasteiger partial charge is 0.273 e. The van der Waals surface area contributed by atoms with Crippen LogP contribution in [0.4, 0.5) is 5.69 Å². The minimum Gasteiger partial charge on any atom is -0.354 e. The third-order valence-electron chi connectivity index (χ3n) is 4.72. The molecule has 27 heavy (non-hydrogen) atoms. The van der Waals surface area contributed by atoms with E-state index in [9.17, 15) is 14.9 Å². The molecular formula is C21H27N3O3. The number of nitro benzene ring substituents is 1. The van der Waals surface area contributed by atoms with Crippen molar-refractivity contribution >= 4 is 11.6 Å². The zero-order valence-electron chi connectivity index (χ0n) is 15.9. The van der Waals surface area contributed by atoms with Gasteiger partial charge in [0.25, 0.3) is 5.69 Å². The maximum absolute atomic E-state index is 12.4. The summed E-state index contributed by atoms with van der Waals surface area (Å²) in [5.41, 5.74) is 1.64. The molecule has 2 aromatic rings. The Kier molecular flexibility index (Phi) is 7.95. The molecule has 2 rings (SSSR count). The van der Waals surface area contributed by atoms with Crippen molar-refractivity contribution in [1.29, 1.82) is 0 Å². The van der Waals surface area contributed by atoms with E-state index in [2.05, 4.69) is 36.2 Å². The van der Waals surface area contributed by atoms with E-state index in [1.165, 1.54) is 11.6 Å². The molecule has 0 aliphatic heterocycles. The average molecular weight is 369 g/mol. The van der Waals surface area contributed by atoms with Crippen LogP contribution in [0.3, 0.4) is 0 Å². The number of nitrogens with one attached hydrogen (secondary N) is 1. The van der Waals surface area contributed by atoms with E-state index in [1.54, 1.807) is 18.2 Å². The highest BCUT2D eigenvalue weighted by molar-refractivity contribution is 5.79. The van der Waals surface area contributed by atoms with Gasteiger partial charge in [-0.1, -0.05) is 62.4 Å². The first-order valence-electron chi connectivity index (χ1n) is 9.32. The number of rotatable bonds is 10. The molecule has 0 radical (unpaired) electrons. The molecule has 1 atom stereocenters. The number of likely N-dealkylation sites (N-methyl/N-ethyl adjacent to an activating group) is 1. The molecule has 0 aromatic heterocycles. The number of amides is 1. The number of hydrogen-bond acceptors (Lipinski definition) is 4. The maximum atomic E-state index is 12.4. The molecule has 0 aliphatic carbocycles. The van der Waals surface area contributed by atoms with Crippen LogP contribution in [-0.2, 0) is 17.6 Å². The molecule has 2 aromatic carbocycles. The zero-order chi connectivity index (χ0) is 19.6. The van der Waals surface area contributed by atoms with Crippen LogP contribution in [0, 0.1) is 10.1 Å². The zero-order valence-corrected chi connectivity index (χ0v) is 15.9. The molecule has 144 valence electrons. The first kappa shape index (κ1) is 20.6. The highest BCUT2D eigenvalue weighted by Crippen LogP contribution is 2.18. The van der Waals surface area contributed by atoms with Gasteiger partial charge in [-0.25, -0.2) is 0 Å². The fraction of sp³-hybridized carbons (Fsp3) is 0.381. The van der Waals surface area contributed by atoms with Gasteiger partial charge >= 0.3 is 0 Å². The van der Waals surface area contributed by atoms with Crippen LogP contribution in [0.2, 0.25) is 0 Å². The summed E-state index contributed by atoms with van der Waals surface area (Å²) < 4.78 is 0. The Morgan fingerprint density at radius 1 is 1.07 bits per heavy atom. The lowest BCUT2D eigenvalue weighted by Gasteiger charge is -2.30. The van der Waals surface area contributed by atoms with Crippen molar-refractivity contribution < 1.29 is 9.72 Å². The second-order valence-corrected chi connectivity index (χ2v) is 6.43. The number of para-hydroxylation sites is 1. The molecule has 0 unspecified atom stereocenters. The average Bonchev–Trinajstić information content (AvgIpc) is 2.68. The third kappa shape index (κ3) is 6.18. The van der Waals surface area contributed by atoms with Crippen molar-refractivity contribution in [2.75, 3.05) is 19.6 Å². The highest BCUT2D eigenvalue weighted by Gasteiger charge is 2.19. The predicted molar refractivity (Wildman–Crippen MR) is 107 cm³/mol. The minimum atomic E-state index is -0.448. The van der Waals surface area contributed by atoms with Gasteiger partial charge in [-0.15, -0.1) is 0 Å². The Balaban J connectivity index is 2.01. The normalized spacial score (nSPS) is 12.0. The summed E-state index contributed by atoms with van der Waals surface area (Å²) in [6, 6.07) is 16.8. The van der Waals surface area contributed by atoms with Gasteiger partial charge in [0.1, 0.15) is 0 Å².